The molecule has 1 rings (SSSR count). The van der Waals surface area contributed by atoms with Gasteiger partial charge in [-0.25, -0.2) is 4.79 Å². The maximum Gasteiger partial charge on any atom is 0.317 e. The minimum absolute atomic E-state index is 0.108. The zero-order valence-corrected chi connectivity index (χ0v) is 13.9. The second-order valence-electron chi connectivity index (χ2n) is 6.29. The third kappa shape index (κ3) is 5.94. The molecular weight excluding hydrogens is 268 g/mol. The second kappa shape index (κ2) is 8.90. The molecule has 0 aromatic rings. The first-order valence-electron chi connectivity index (χ1n) is 8.04. The van der Waals surface area contributed by atoms with Crippen LogP contribution in [0.2, 0.25) is 0 Å². The Balaban J connectivity index is 2.25. The Morgan fingerprint density at radius 3 is 2.33 bits per heavy atom. The maximum absolute atomic E-state index is 12.0. The third-order valence-electron chi connectivity index (χ3n) is 4.58. The van der Waals surface area contributed by atoms with Crippen LogP contribution in [0.25, 0.3) is 0 Å². The predicted molar refractivity (Wildman–Crippen MR) is 82.9 cm³/mol. The monoisotopic (exact) mass is 298 g/mol. The number of esters is 1. The number of methoxy groups -OCH3 is 1. The predicted octanol–water partition coefficient (Wildman–Crippen LogP) is 2.65. The number of ether oxygens (including phenoxy) is 1. The quantitative estimate of drug-likeness (QED) is 0.767. The summed E-state index contributed by atoms with van der Waals surface area (Å²) in [5.41, 5.74) is 0. The standard InChI is InChI=1S/C16H30N2O3/c1-5-13-6-8-14(9-7-13)10-17-16(20)18(3)11-12(2)15(19)21-4/h12-14H,5-11H2,1-4H3,(H,17,20). The molecule has 0 radical (unpaired) electrons. The summed E-state index contributed by atoms with van der Waals surface area (Å²) in [5, 5.41) is 2.98. The van der Waals surface area contributed by atoms with E-state index in [1.807, 2.05) is 0 Å². The van der Waals surface area contributed by atoms with Gasteiger partial charge < -0.3 is 15.0 Å². The van der Waals surface area contributed by atoms with Gasteiger partial charge in [-0.15, -0.1) is 0 Å². The summed E-state index contributed by atoms with van der Waals surface area (Å²) in [6, 6.07) is -0.108. The SMILES string of the molecule is CCC1CCC(CNC(=O)N(C)CC(C)C(=O)OC)CC1. The fourth-order valence-electron chi connectivity index (χ4n) is 2.98. The van der Waals surface area contributed by atoms with E-state index < -0.39 is 0 Å². The lowest BCUT2D eigenvalue weighted by Gasteiger charge is -2.28. The third-order valence-corrected chi connectivity index (χ3v) is 4.58. The van der Waals surface area contributed by atoms with Gasteiger partial charge in [0.25, 0.3) is 0 Å². The average molecular weight is 298 g/mol. The summed E-state index contributed by atoms with van der Waals surface area (Å²) in [6.45, 7) is 5.14. The summed E-state index contributed by atoms with van der Waals surface area (Å²) < 4.78 is 4.67. The van der Waals surface area contributed by atoms with Gasteiger partial charge in [0.1, 0.15) is 0 Å². The highest BCUT2D eigenvalue weighted by atomic mass is 16.5. The number of hydrogen-bond acceptors (Lipinski definition) is 3. The first-order valence-corrected chi connectivity index (χ1v) is 8.04. The van der Waals surface area contributed by atoms with Gasteiger partial charge in [0.15, 0.2) is 0 Å². The number of hydrogen-bond donors (Lipinski definition) is 1. The molecule has 0 aromatic heterocycles. The molecule has 21 heavy (non-hydrogen) atoms. The van der Waals surface area contributed by atoms with Gasteiger partial charge in [-0.2, -0.15) is 0 Å². The van der Waals surface area contributed by atoms with Crippen molar-refractivity contribution in [3.63, 3.8) is 0 Å². The van der Waals surface area contributed by atoms with E-state index >= 15 is 0 Å². The molecule has 0 bridgehead atoms. The van der Waals surface area contributed by atoms with Crippen LogP contribution in [0.1, 0.15) is 46.0 Å². The molecule has 1 fully saturated rings. The summed E-state index contributed by atoms with van der Waals surface area (Å²) in [5.74, 6) is 0.891. The van der Waals surface area contributed by atoms with E-state index in [9.17, 15) is 9.59 Å². The van der Waals surface area contributed by atoms with Crippen molar-refractivity contribution >= 4 is 12.0 Å². The van der Waals surface area contributed by atoms with Gasteiger partial charge in [-0.05, 0) is 24.7 Å². The smallest absolute Gasteiger partial charge is 0.317 e. The van der Waals surface area contributed by atoms with Gasteiger partial charge in [0, 0.05) is 20.1 Å². The molecule has 1 unspecified atom stereocenters. The first-order chi connectivity index (χ1) is 9.97. The van der Waals surface area contributed by atoms with Crippen LogP contribution in [0, 0.1) is 17.8 Å². The Hall–Kier alpha value is -1.26. The van der Waals surface area contributed by atoms with Crippen LogP contribution in [0.4, 0.5) is 4.79 Å². The number of amides is 2. The Kier molecular flexibility index (Phi) is 7.54. The summed E-state index contributed by atoms with van der Waals surface area (Å²) in [4.78, 5) is 24.9. The Morgan fingerprint density at radius 2 is 1.81 bits per heavy atom. The number of nitrogens with zero attached hydrogens (tertiary/aromatic N) is 1. The average Bonchev–Trinajstić information content (AvgIpc) is 2.51. The van der Waals surface area contributed by atoms with Crippen molar-refractivity contribution in [3.05, 3.63) is 0 Å². The highest BCUT2D eigenvalue weighted by Crippen LogP contribution is 2.30. The van der Waals surface area contributed by atoms with E-state index in [0.717, 1.165) is 12.5 Å². The van der Waals surface area contributed by atoms with E-state index in [2.05, 4.69) is 17.0 Å². The molecule has 1 aliphatic carbocycles. The van der Waals surface area contributed by atoms with Crippen molar-refractivity contribution in [1.82, 2.24) is 10.2 Å². The molecule has 0 heterocycles. The van der Waals surface area contributed by atoms with Crippen LogP contribution in [0.15, 0.2) is 0 Å². The molecule has 1 N–H and O–H groups in total. The van der Waals surface area contributed by atoms with Crippen LogP contribution in [-0.2, 0) is 9.53 Å². The van der Waals surface area contributed by atoms with Gasteiger partial charge >= 0.3 is 12.0 Å². The molecule has 5 nitrogen and oxygen atoms in total. The lowest BCUT2D eigenvalue weighted by Crippen LogP contribution is -2.42. The van der Waals surface area contributed by atoms with Crippen LogP contribution in [0.3, 0.4) is 0 Å². The van der Waals surface area contributed by atoms with E-state index in [4.69, 9.17) is 0 Å². The molecule has 1 aliphatic rings. The zero-order chi connectivity index (χ0) is 15.8. The molecule has 1 saturated carbocycles. The van der Waals surface area contributed by atoms with Crippen molar-refractivity contribution in [1.29, 1.82) is 0 Å². The number of carbonyl (C=O) groups excluding carboxylic acids is 2. The molecule has 0 aliphatic heterocycles. The number of urea groups is 1. The Bertz CT molecular complexity index is 338. The molecule has 5 heteroatoms. The van der Waals surface area contributed by atoms with Gasteiger partial charge in [-0.3, -0.25) is 4.79 Å². The minimum atomic E-state index is -0.300. The highest BCUT2D eigenvalue weighted by Gasteiger charge is 2.22. The van der Waals surface area contributed by atoms with Crippen molar-refractivity contribution in [2.24, 2.45) is 17.8 Å². The maximum atomic E-state index is 12.0. The Morgan fingerprint density at radius 1 is 1.24 bits per heavy atom. The number of nitrogens with one attached hydrogen (secondary N) is 1. The highest BCUT2D eigenvalue weighted by molar-refractivity contribution is 5.76. The van der Waals surface area contributed by atoms with Crippen LogP contribution >= 0.6 is 0 Å². The summed E-state index contributed by atoms with van der Waals surface area (Å²) >= 11 is 0. The van der Waals surface area contributed by atoms with Crippen molar-refractivity contribution in [3.8, 4) is 0 Å². The molecule has 0 spiro atoms. The van der Waals surface area contributed by atoms with E-state index in [1.165, 1.54) is 39.2 Å². The summed E-state index contributed by atoms with van der Waals surface area (Å²) in [6.07, 6.45) is 6.26. The van der Waals surface area contributed by atoms with E-state index in [1.54, 1.807) is 18.9 Å². The van der Waals surface area contributed by atoms with E-state index in [-0.39, 0.29) is 17.9 Å². The van der Waals surface area contributed by atoms with E-state index in [0.29, 0.717) is 12.5 Å². The van der Waals surface area contributed by atoms with Gasteiger partial charge in [0.2, 0.25) is 0 Å². The molecule has 0 saturated heterocycles. The number of rotatable bonds is 6. The fourth-order valence-corrected chi connectivity index (χ4v) is 2.98. The molecule has 122 valence electrons. The van der Waals surface area contributed by atoms with Crippen LogP contribution in [-0.4, -0.2) is 44.1 Å². The molecule has 1 atom stereocenters. The van der Waals surface area contributed by atoms with Crippen LogP contribution < -0.4 is 5.32 Å². The summed E-state index contributed by atoms with van der Waals surface area (Å²) in [7, 11) is 3.08. The lowest BCUT2D eigenvalue weighted by atomic mass is 9.81. The van der Waals surface area contributed by atoms with Gasteiger partial charge in [0.05, 0.1) is 13.0 Å². The Labute approximate surface area is 128 Å². The fraction of sp³-hybridized carbons (Fsp3) is 0.875. The molecular formula is C16H30N2O3. The largest absolute Gasteiger partial charge is 0.469 e. The van der Waals surface area contributed by atoms with Gasteiger partial charge in [-0.1, -0.05) is 33.1 Å². The topological polar surface area (TPSA) is 58.6 Å². The van der Waals surface area contributed by atoms with Crippen molar-refractivity contribution in [2.45, 2.75) is 46.0 Å². The lowest BCUT2D eigenvalue weighted by molar-refractivity contribution is -0.145. The van der Waals surface area contributed by atoms with Crippen molar-refractivity contribution < 1.29 is 14.3 Å². The van der Waals surface area contributed by atoms with Crippen LogP contribution in [0.5, 0.6) is 0 Å². The van der Waals surface area contributed by atoms with Crippen molar-refractivity contribution in [2.75, 3.05) is 27.2 Å². The minimum Gasteiger partial charge on any atom is -0.469 e. The molecule has 0 aromatic carbocycles. The molecule has 2 amide bonds. The zero-order valence-electron chi connectivity index (χ0n) is 13.9. The first kappa shape index (κ1) is 17.8. The normalized spacial score (nSPS) is 23.2. The number of carbonyl (C=O) groups is 2. The second-order valence-corrected chi connectivity index (χ2v) is 6.29.